The van der Waals surface area contributed by atoms with Gasteiger partial charge in [-0.15, -0.1) is 24.4 Å². The predicted octanol–water partition coefficient (Wildman–Crippen LogP) is 5.91. The highest BCUT2D eigenvalue weighted by Crippen LogP contribution is 2.47. The summed E-state index contributed by atoms with van der Waals surface area (Å²) in [5.41, 5.74) is 0.474. The highest BCUT2D eigenvalue weighted by molar-refractivity contribution is 8.00. The summed E-state index contributed by atoms with van der Waals surface area (Å²) in [4.78, 5) is 9.81. The van der Waals surface area contributed by atoms with Crippen molar-refractivity contribution in [3.63, 3.8) is 0 Å². The Morgan fingerprint density at radius 3 is 1.91 bits per heavy atom. The van der Waals surface area contributed by atoms with E-state index in [9.17, 15) is 35.8 Å². The minimum Gasteiger partial charge on any atom is -0.481 e. The van der Waals surface area contributed by atoms with E-state index >= 15 is 17.6 Å². The third-order valence-electron chi connectivity index (χ3n) is 11.2. The number of benzene rings is 4. The van der Waals surface area contributed by atoms with Gasteiger partial charge in [-0.3, -0.25) is 13.9 Å². The van der Waals surface area contributed by atoms with Gasteiger partial charge in [-0.1, -0.05) is 32.1 Å². The number of thioether (sulfide) groups is 1. The molecule has 2 aliphatic heterocycles. The van der Waals surface area contributed by atoms with Crippen LogP contribution in [-0.2, 0) is 47.6 Å². The maximum Gasteiger partial charge on any atom is 0.425 e. The number of fused-ring (bicyclic) bond motifs is 4. The number of nitrogens with zero attached hydrogens (tertiary/aromatic N) is 1. The van der Waals surface area contributed by atoms with E-state index < -0.39 is 98.5 Å². The number of halogens is 4. The van der Waals surface area contributed by atoms with Crippen LogP contribution in [0.1, 0.15) is 87.4 Å². The lowest BCUT2D eigenvalue weighted by Crippen LogP contribution is -2.50. The number of allylic oxidation sites excluding steroid dienone is 1. The molecule has 0 bridgehead atoms. The number of aliphatic carboxylic acids is 1. The third-order valence-corrected chi connectivity index (χ3v) is 13.8. The number of carboxylic acid groups (broad SMARTS) is 1. The summed E-state index contributed by atoms with van der Waals surface area (Å²) in [7, 11) is -12.3. The standard InChI is InChI=1S/C43H40F4N2O8S3.O3S/c1-21-16-41(2,3)48-31-14-29-27(12-25(21)31)34(35-36(44)38(46)40(39(47)37(35)45)58-19-33(50)51)28-13-26-23(20-59(52,53)54)17-42(4,5)49(32(26)15-30(28)43(29,6)7)18-22-8-10-24(11-9-22)60(55,56)57;1-4(2)3/h8-17H,18-20H2,1-7H3,(H3,50,51,52,53,54,55,56,57);/p+1. The Labute approximate surface area is 371 Å². The zero-order chi connectivity index (χ0) is 47.8. The van der Waals surface area contributed by atoms with Crippen LogP contribution in [0.4, 0.5) is 23.2 Å². The molecule has 0 spiro atoms. The molecule has 64 heavy (non-hydrogen) atoms. The van der Waals surface area contributed by atoms with E-state index in [2.05, 4.69) is 5.32 Å². The first kappa shape index (κ1) is 48.3. The molecular formula is C43H41F4N2O11S4+. The largest absolute Gasteiger partial charge is 0.481 e. The SMILES string of the molecule is CC1=CC(C)(C)Nc2cc3c(cc21)C(c1c(F)c(F)c(SCC(=O)O)c(F)c1F)=c1cc2c(cc1C3(C)C)=[N+](Cc1ccc(S(=O)(=O)O)cc1)C(C)(C)C=C2CS(=O)(=O)O.O=S(=O)=O. The van der Waals surface area contributed by atoms with Crippen molar-refractivity contribution in [2.24, 2.45) is 0 Å². The average molecular weight is 966 g/mol. The lowest BCUT2D eigenvalue weighted by atomic mass is 9.67. The van der Waals surface area contributed by atoms with Crippen LogP contribution in [0.2, 0.25) is 0 Å². The van der Waals surface area contributed by atoms with Gasteiger partial charge in [0.1, 0.15) is 5.75 Å². The maximum atomic E-state index is 16.7. The summed E-state index contributed by atoms with van der Waals surface area (Å²) in [6.45, 7) is 13.2. The van der Waals surface area contributed by atoms with Gasteiger partial charge < -0.3 is 10.4 Å². The van der Waals surface area contributed by atoms with Crippen LogP contribution < -0.4 is 20.5 Å². The second-order valence-electron chi connectivity index (χ2n) is 17.1. The van der Waals surface area contributed by atoms with Crippen molar-refractivity contribution in [1.82, 2.24) is 4.58 Å². The molecule has 0 saturated heterocycles. The van der Waals surface area contributed by atoms with Gasteiger partial charge in [0.05, 0.1) is 32.2 Å². The molecule has 0 fully saturated rings. The first-order chi connectivity index (χ1) is 29.3. The monoisotopic (exact) mass is 965 g/mol. The van der Waals surface area contributed by atoms with Crippen LogP contribution in [0.15, 0.2) is 70.5 Å². The Bertz CT molecular complexity index is 3220. The summed E-state index contributed by atoms with van der Waals surface area (Å²) in [6.07, 6.45) is 3.57. The van der Waals surface area contributed by atoms with Crippen molar-refractivity contribution in [3.05, 3.63) is 133 Å². The van der Waals surface area contributed by atoms with Crippen molar-refractivity contribution >= 4 is 71.0 Å². The molecule has 340 valence electrons. The number of rotatable bonds is 9. The van der Waals surface area contributed by atoms with Crippen molar-refractivity contribution in [1.29, 1.82) is 0 Å². The zero-order valence-electron chi connectivity index (χ0n) is 35.1. The topological polar surface area (TPSA) is 212 Å². The van der Waals surface area contributed by atoms with E-state index in [1.807, 2.05) is 51.3 Å². The first-order valence-electron chi connectivity index (χ1n) is 19.1. The molecule has 21 heteroatoms. The highest BCUT2D eigenvalue weighted by atomic mass is 32.2. The van der Waals surface area contributed by atoms with Gasteiger partial charge in [0, 0.05) is 47.7 Å². The van der Waals surface area contributed by atoms with Crippen LogP contribution in [0, 0.1) is 23.3 Å². The Kier molecular flexibility index (Phi) is 12.6. The lowest BCUT2D eigenvalue weighted by Gasteiger charge is -2.38. The van der Waals surface area contributed by atoms with E-state index in [-0.39, 0.29) is 50.7 Å². The van der Waals surface area contributed by atoms with Crippen LogP contribution in [0.5, 0.6) is 0 Å². The van der Waals surface area contributed by atoms with Gasteiger partial charge in [0.2, 0.25) is 5.36 Å². The molecule has 3 aliphatic rings. The highest BCUT2D eigenvalue weighted by Gasteiger charge is 2.42. The predicted molar refractivity (Wildman–Crippen MR) is 231 cm³/mol. The molecule has 0 saturated carbocycles. The molecule has 4 N–H and O–H groups in total. The Morgan fingerprint density at radius 1 is 0.797 bits per heavy atom. The molecule has 4 aromatic rings. The molecule has 0 radical (unpaired) electrons. The Hall–Kier alpha value is -5.19. The number of hydrogen-bond acceptors (Lipinski definition) is 10. The fourth-order valence-corrected chi connectivity index (χ4v) is 10.5. The zero-order valence-corrected chi connectivity index (χ0v) is 38.4. The van der Waals surface area contributed by atoms with Gasteiger partial charge in [0.15, 0.2) is 35.4 Å². The van der Waals surface area contributed by atoms with Gasteiger partial charge in [0.25, 0.3) is 20.2 Å². The lowest BCUT2D eigenvalue weighted by molar-refractivity contribution is -0.133. The molecule has 0 unspecified atom stereocenters. The van der Waals surface area contributed by atoms with Crippen LogP contribution >= 0.6 is 11.8 Å². The fraction of sp³-hybridized carbons (Fsp3) is 0.302. The van der Waals surface area contributed by atoms with Crippen molar-refractivity contribution in [3.8, 4) is 0 Å². The molecule has 13 nitrogen and oxygen atoms in total. The smallest absolute Gasteiger partial charge is 0.425 e. The summed E-state index contributed by atoms with van der Waals surface area (Å²) in [5, 5.41) is 13.2. The minimum absolute atomic E-state index is 0.0915. The number of hydrogen-bond donors (Lipinski definition) is 4. The first-order valence-corrected chi connectivity index (χ1v) is 24.1. The van der Waals surface area contributed by atoms with E-state index in [0.29, 0.717) is 33.3 Å². The quantitative estimate of drug-likeness (QED) is 0.0506. The van der Waals surface area contributed by atoms with Crippen LogP contribution in [0.25, 0.3) is 16.7 Å². The Morgan fingerprint density at radius 2 is 1.38 bits per heavy atom. The number of anilines is 1. The van der Waals surface area contributed by atoms with Crippen molar-refractivity contribution < 1.29 is 66.0 Å². The molecule has 1 aliphatic carbocycles. The molecular weight excluding hydrogens is 925 g/mol. The van der Waals surface area contributed by atoms with Gasteiger partial charge in [-0.2, -0.15) is 16.8 Å². The third kappa shape index (κ3) is 9.32. The average Bonchev–Trinajstić information content (AvgIpc) is 3.14. The minimum atomic E-state index is -4.69. The molecule has 0 aromatic heterocycles. The molecule has 0 atom stereocenters. The number of carboxylic acids is 1. The van der Waals surface area contributed by atoms with E-state index in [4.69, 9.17) is 12.6 Å². The summed E-state index contributed by atoms with van der Waals surface area (Å²) in [5.74, 6) is -10.3. The van der Waals surface area contributed by atoms with E-state index in [1.165, 1.54) is 30.3 Å². The van der Waals surface area contributed by atoms with Gasteiger partial charge in [-0.25, -0.2) is 22.1 Å². The van der Waals surface area contributed by atoms with Gasteiger partial charge >= 0.3 is 16.6 Å². The van der Waals surface area contributed by atoms with Crippen molar-refractivity contribution in [2.75, 3.05) is 16.8 Å². The maximum absolute atomic E-state index is 16.7. The van der Waals surface area contributed by atoms with Crippen LogP contribution in [0.3, 0.4) is 0 Å². The molecule has 0 amide bonds. The van der Waals surface area contributed by atoms with Gasteiger partial charge in [-0.05, 0) is 90.2 Å². The number of carbonyl (C=O) groups is 1. The molecule has 2 heterocycles. The Balaban J connectivity index is 0.00000163. The van der Waals surface area contributed by atoms with Crippen molar-refractivity contribution in [2.45, 2.75) is 81.3 Å². The summed E-state index contributed by atoms with van der Waals surface area (Å²) < 4.78 is 161. The number of nitrogens with one attached hydrogen (secondary N) is 1. The molecule has 7 rings (SSSR count). The second kappa shape index (κ2) is 16.7. The second-order valence-corrected chi connectivity index (χ2v) is 21.4. The molecule has 4 aromatic carbocycles. The normalized spacial score (nSPS) is 16.7. The van der Waals surface area contributed by atoms with Crippen LogP contribution in [-0.4, -0.2) is 72.2 Å². The fourth-order valence-electron chi connectivity index (χ4n) is 8.65. The summed E-state index contributed by atoms with van der Waals surface area (Å²) in [6, 6.07) is 12.2. The summed E-state index contributed by atoms with van der Waals surface area (Å²) >= 11 is 0.0915. The van der Waals surface area contributed by atoms with E-state index in [1.54, 1.807) is 32.1 Å². The van der Waals surface area contributed by atoms with E-state index in [0.717, 1.165) is 5.57 Å².